The average molecular weight is 404 g/mol. The first-order valence-corrected chi connectivity index (χ1v) is 9.96. The molecule has 10 heteroatoms. The molecule has 2 aromatic carbocycles. The van der Waals surface area contributed by atoms with E-state index in [9.17, 15) is 18.0 Å². The van der Waals surface area contributed by atoms with Crippen molar-refractivity contribution in [2.24, 2.45) is 5.14 Å². The van der Waals surface area contributed by atoms with Crippen molar-refractivity contribution in [1.82, 2.24) is 4.90 Å². The molecule has 1 saturated heterocycles. The van der Waals surface area contributed by atoms with Gasteiger partial charge in [0.1, 0.15) is 12.3 Å². The SMILES string of the molecule is COc1ccc(N2CCN(CC(=O)Nc3ccc(S(N)(=O)=O)cc3)C2=O)cc1. The molecule has 148 valence electrons. The van der Waals surface area contributed by atoms with E-state index in [1.807, 2.05) is 0 Å². The van der Waals surface area contributed by atoms with E-state index in [4.69, 9.17) is 9.88 Å². The maximum atomic E-state index is 12.6. The van der Waals surface area contributed by atoms with Crippen LogP contribution in [0.15, 0.2) is 53.4 Å². The lowest BCUT2D eigenvalue weighted by atomic mass is 10.3. The first kappa shape index (κ1) is 19.6. The molecule has 3 rings (SSSR count). The first-order chi connectivity index (χ1) is 13.3. The van der Waals surface area contributed by atoms with Crippen LogP contribution in [-0.2, 0) is 14.8 Å². The molecule has 0 aromatic heterocycles. The van der Waals surface area contributed by atoms with Crippen LogP contribution in [0.5, 0.6) is 5.75 Å². The van der Waals surface area contributed by atoms with E-state index < -0.39 is 10.0 Å². The largest absolute Gasteiger partial charge is 0.497 e. The quantitative estimate of drug-likeness (QED) is 0.750. The normalized spacial score (nSPS) is 14.3. The van der Waals surface area contributed by atoms with Gasteiger partial charge in [-0.25, -0.2) is 18.4 Å². The van der Waals surface area contributed by atoms with Crippen LogP contribution in [0.3, 0.4) is 0 Å². The maximum Gasteiger partial charge on any atom is 0.325 e. The van der Waals surface area contributed by atoms with Crippen molar-refractivity contribution >= 4 is 33.3 Å². The van der Waals surface area contributed by atoms with Gasteiger partial charge in [0.25, 0.3) is 0 Å². The molecule has 0 aliphatic carbocycles. The number of nitrogens with two attached hydrogens (primary N) is 1. The molecule has 28 heavy (non-hydrogen) atoms. The van der Waals surface area contributed by atoms with Crippen molar-refractivity contribution in [3.63, 3.8) is 0 Å². The zero-order valence-corrected chi connectivity index (χ0v) is 16.0. The molecule has 0 atom stereocenters. The highest BCUT2D eigenvalue weighted by atomic mass is 32.2. The Morgan fingerprint density at radius 1 is 1.11 bits per heavy atom. The van der Waals surface area contributed by atoms with Crippen molar-refractivity contribution in [3.05, 3.63) is 48.5 Å². The van der Waals surface area contributed by atoms with E-state index in [-0.39, 0.29) is 23.4 Å². The Labute approximate surface area is 162 Å². The average Bonchev–Trinajstić information content (AvgIpc) is 3.02. The molecule has 0 radical (unpaired) electrons. The maximum absolute atomic E-state index is 12.6. The number of primary sulfonamides is 1. The summed E-state index contributed by atoms with van der Waals surface area (Å²) in [5, 5.41) is 7.67. The molecular formula is C18H20N4O5S. The summed E-state index contributed by atoms with van der Waals surface area (Å²) >= 11 is 0. The number of methoxy groups -OCH3 is 1. The fourth-order valence-corrected chi connectivity index (χ4v) is 3.35. The summed E-state index contributed by atoms with van der Waals surface area (Å²) in [5.74, 6) is 0.313. The molecule has 9 nitrogen and oxygen atoms in total. The van der Waals surface area contributed by atoms with Crippen molar-refractivity contribution in [1.29, 1.82) is 0 Å². The van der Waals surface area contributed by atoms with Gasteiger partial charge in [-0.15, -0.1) is 0 Å². The van der Waals surface area contributed by atoms with Crippen LogP contribution < -0.4 is 20.1 Å². The summed E-state index contributed by atoms with van der Waals surface area (Å²) in [5.41, 5.74) is 1.14. The lowest BCUT2D eigenvalue weighted by Gasteiger charge is -2.18. The zero-order valence-electron chi connectivity index (χ0n) is 15.2. The third-order valence-corrected chi connectivity index (χ3v) is 5.21. The number of amides is 3. The smallest absolute Gasteiger partial charge is 0.325 e. The molecule has 0 saturated carbocycles. The third kappa shape index (κ3) is 4.41. The monoisotopic (exact) mass is 404 g/mol. The van der Waals surface area contributed by atoms with E-state index >= 15 is 0 Å². The fraction of sp³-hybridized carbons (Fsp3) is 0.222. The number of benzene rings is 2. The molecule has 3 N–H and O–H groups in total. The number of carbonyl (C=O) groups excluding carboxylic acids is 2. The molecular weight excluding hydrogens is 384 g/mol. The summed E-state index contributed by atoms with van der Waals surface area (Å²) in [6.45, 7) is 0.784. The fourth-order valence-electron chi connectivity index (χ4n) is 2.83. The minimum Gasteiger partial charge on any atom is -0.497 e. The summed E-state index contributed by atoms with van der Waals surface area (Å²) in [6, 6.07) is 12.3. The Bertz CT molecular complexity index is 974. The number of urea groups is 1. The van der Waals surface area contributed by atoms with Gasteiger partial charge in [-0.05, 0) is 48.5 Å². The number of nitrogens with one attached hydrogen (secondary N) is 1. The van der Waals surface area contributed by atoms with Crippen LogP contribution in [0.25, 0.3) is 0 Å². The standard InChI is InChI=1S/C18H20N4O5S/c1-27-15-6-4-14(5-7-15)22-11-10-21(18(22)24)12-17(23)20-13-2-8-16(9-3-13)28(19,25)26/h2-9H,10-12H2,1H3,(H,20,23)(H2,19,25,26). The second kappa shape index (κ2) is 7.87. The van der Waals surface area contributed by atoms with Gasteiger partial charge in [0.05, 0.1) is 12.0 Å². The van der Waals surface area contributed by atoms with Crippen molar-refractivity contribution in [3.8, 4) is 5.75 Å². The number of sulfonamides is 1. The first-order valence-electron chi connectivity index (χ1n) is 8.41. The van der Waals surface area contributed by atoms with Gasteiger partial charge in [-0.1, -0.05) is 0 Å². The predicted octanol–water partition coefficient (Wildman–Crippen LogP) is 1.22. The summed E-state index contributed by atoms with van der Waals surface area (Å²) in [7, 11) is -2.22. The van der Waals surface area contributed by atoms with Crippen molar-refractivity contribution in [2.45, 2.75) is 4.90 Å². The topological polar surface area (TPSA) is 122 Å². The molecule has 0 unspecified atom stereocenters. The van der Waals surface area contributed by atoms with Crippen LogP contribution in [-0.4, -0.2) is 52.0 Å². The minimum atomic E-state index is -3.79. The third-order valence-electron chi connectivity index (χ3n) is 4.28. The van der Waals surface area contributed by atoms with E-state index in [0.717, 1.165) is 5.69 Å². The van der Waals surface area contributed by atoms with Crippen LogP contribution in [0.4, 0.5) is 16.2 Å². The van der Waals surface area contributed by atoms with E-state index in [2.05, 4.69) is 5.32 Å². The second-order valence-corrected chi connectivity index (χ2v) is 7.73. The summed E-state index contributed by atoms with van der Waals surface area (Å²) in [6.07, 6.45) is 0. The number of nitrogens with zero attached hydrogens (tertiary/aromatic N) is 2. The predicted molar refractivity (Wildman–Crippen MR) is 104 cm³/mol. The van der Waals surface area contributed by atoms with Gasteiger partial charge < -0.3 is 15.0 Å². The molecule has 0 bridgehead atoms. The van der Waals surface area contributed by atoms with Crippen LogP contribution in [0.1, 0.15) is 0 Å². The Morgan fingerprint density at radius 2 is 1.75 bits per heavy atom. The highest BCUT2D eigenvalue weighted by molar-refractivity contribution is 7.89. The molecule has 1 fully saturated rings. The molecule has 1 heterocycles. The number of carbonyl (C=O) groups is 2. The van der Waals surface area contributed by atoms with E-state index in [0.29, 0.717) is 24.5 Å². The second-order valence-electron chi connectivity index (χ2n) is 6.17. The minimum absolute atomic E-state index is 0.0460. The van der Waals surface area contributed by atoms with E-state index in [1.165, 1.54) is 29.2 Å². The summed E-state index contributed by atoms with van der Waals surface area (Å²) < 4.78 is 27.6. The van der Waals surface area contributed by atoms with Gasteiger partial charge in [-0.3, -0.25) is 9.69 Å². The molecule has 1 aliphatic rings. The lowest BCUT2D eigenvalue weighted by Crippen LogP contribution is -2.37. The molecule has 2 aromatic rings. The van der Waals surface area contributed by atoms with Gasteiger partial charge in [0.2, 0.25) is 15.9 Å². The summed E-state index contributed by atoms with van der Waals surface area (Å²) in [4.78, 5) is 27.8. The molecule has 1 aliphatic heterocycles. The van der Waals surface area contributed by atoms with Gasteiger partial charge in [-0.2, -0.15) is 0 Å². The lowest BCUT2D eigenvalue weighted by molar-refractivity contribution is -0.116. The van der Waals surface area contributed by atoms with E-state index in [1.54, 1.807) is 36.3 Å². The zero-order chi connectivity index (χ0) is 20.3. The number of rotatable bonds is 6. The highest BCUT2D eigenvalue weighted by Crippen LogP contribution is 2.23. The Kier molecular flexibility index (Phi) is 5.52. The van der Waals surface area contributed by atoms with Gasteiger partial charge in [0.15, 0.2) is 0 Å². The number of anilines is 2. The van der Waals surface area contributed by atoms with Crippen LogP contribution in [0.2, 0.25) is 0 Å². The van der Waals surface area contributed by atoms with Crippen molar-refractivity contribution in [2.75, 3.05) is 37.0 Å². The van der Waals surface area contributed by atoms with Gasteiger partial charge >= 0.3 is 6.03 Å². The van der Waals surface area contributed by atoms with Gasteiger partial charge in [0, 0.05) is 24.5 Å². The highest BCUT2D eigenvalue weighted by Gasteiger charge is 2.30. The Morgan fingerprint density at radius 3 is 2.32 bits per heavy atom. The number of hydrogen-bond donors (Lipinski definition) is 2. The van der Waals surface area contributed by atoms with Crippen LogP contribution in [0, 0.1) is 0 Å². The van der Waals surface area contributed by atoms with Crippen LogP contribution >= 0.6 is 0 Å². The Hall–Kier alpha value is -3.11. The number of hydrogen-bond acceptors (Lipinski definition) is 5. The molecule has 3 amide bonds. The number of ether oxygens (including phenoxy) is 1. The molecule has 0 spiro atoms. The van der Waals surface area contributed by atoms with Crippen molar-refractivity contribution < 1.29 is 22.7 Å². The Balaban J connectivity index is 1.59.